The number of piperazine rings is 1. The minimum atomic E-state index is -0.00627. The van der Waals surface area contributed by atoms with Crippen molar-refractivity contribution in [2.75, 3.05) is 39.3 Å². The largest absolute Gasteiger partial charge is 0.354 e. The Labute approximate surface area is 143 Å². The predicted octanol–water partition coefficient (Wildman–Crippen LogP) is 1.75. The van der Waals surface area contributed by atoms with Crippen molar-refractivity contribution < 1.29 is 4.79 Å². The summed E-state index contributed by atoms with van der Waals surface area (Å²) in [6, 6.07) is 10.3. The van der Waals surface area contributed by atoms with Gasteiger partial charge in [0.15, 0.2) is 0 Å². The average Bonchev–Trinajstić information content (AvgIpc) is 2.54. The molecule has 0 bridgehead atoms. The number of nitrogens with one attached hydrogen (secondary N) is 2. The molecule has 124 valence electrons. The van der Waals surface area contributed by atoms with E-state index in [0.717, 1.165) is 45.0 Å². The van der Waals surface area contributed by atoms with Gasteiger partial charge in [-0.1, -0.05) is 30.3 Å². The van der Waals surface area contributed by atoms with E-state index >= 15 is 0 Å². The minimum absolute atomic E-state index is 0. The first kappa shape index (κ1) is 19.3. The summed E-state index contributed by atoms with van der Waals surface area (Å²) in [6.45, 7) is 7.93. The van der Waals surface area contributed by atoms with Crippen molar-refractivity contribution in [1.29, 1.82) is 0 Å². The van der Waals surface area contributed by atoms with Crippen LogP contribution in [0.15, 0.2) is 30.3 Å². The molecule has 2 rings (SSSR count). The van der Waals surface area contributed by atoms with E-state index < -0.39 is 0 Å². The molecular formula is C16H26ClN3OS. The number of amides is 1. The third kappa shape index (κ3) is 7.01. The van der Waals surface area contributed by atoms with Crippen LogP contribution in [0.2, 0.25) is 0 Å². The van der Waals surface area contributed by atoms with Crippen LogP contribution in [0.3, 0.4) is 0 Å². The Morgan fingerprint density at radius 2 is 2.00 bits per heavy atom. The Balaban J connectivity index is 0.00000242. The van der Waals surface area contributed by atoms with Gasteiger partial charge in [-0.15, -0.1) is 24.2 Å². The van der Waals surface area contributed by atoms with Gasteiger partial charge in [0.1, 0.15) is 0 Å². The van der Waals surface area contributed by atoms with Gasteiger partial charge in [-0.2, -0.15) is 0 Å². The van der Waals surface area contributed by atoms with Crippen molar-refractivity contribution in [2.24, 2.45) is 0 Å². The fraction of sp³-hybridized carbons (Fsp3) is 0.562. The number of rotatable bonds is 7. The summed E-state index contributed by atoms with van der Waals surface area (Å²) in [4.78, 5) is 14.4. The Bertz CT molecular complexity index is 427. The molecule has 1 aliphatic heterocycles. The van der Waals surface area contributed by atoms with Crippen LogP contribution >= 0.6 is 24.2 Å². The molecule has 1 aliphatic rings. The van der Waals surface area contributed by atoms with E-state index in [9.17, 15) is 4.79 Å². The van der Waals surface area contributed by atoms with Gasteiger partial charge in [0.2, 0.25) is 5.91 Å². The molecule has 0 aromatic heterocycles. The molecule has 1 aromatic carbocycles. The van der Waals surface area contributed by atoms with Gasteiger partial charge in [-0.25, -0.2) is 0 Å². The van der Waals surface area contributed by atoms with Gasteiger partial charge < -0.3 is 10.6 Å². The van der Waals surface area contributed by atoms with Gasteiger partial charge in [0, 0.05) is 45.0 Å². The Morgan fingerprint density at radius 1 is 1.32 bits per heavy atom. The quantitative estimate of drug-likeness (QED) is 0.791. The second-order valence-electron chi connectivity index (χ2n) is 5.32. The van der Waals surface area contributed by atoms with Gasteiger partial charge >= 0.3 is 0 Å². The first-order valence-electron chi connectivity index (χ1n) is 7.62. The summed E-state index contributed by atoms with van der Waals surface area (Å²) in [6.07, 6.45) is 0. The van der Waals surface area contributed by atoms with Crippen LogP contribution in [0.5, 0.6) is 0 Å². The maximum Gasteiger partial charge on any atom is 0.232 e. The first-order valence-corrected chi connectivity index (χ1v) is 8.67. The lowest BCUT2D eigenvalue weighted by atomic mass is 10.2. The van der Waals surface area contributed by atoms with Crippen LogP contribution in [-0.4, -0.2) is 55.3 Å². The zero-order chi connectivity index (χ0) is 14.9. The summed E-state index contributed by atoms with van der Waals surface area (Å²) >= 11 is 1.69. The molecule has 0 aliphatic carbocycles. The Hall–Kier alpha value is -0.750. The van der Waals surface area contributed by atoms with Gasteiger partial charge in [0.25, 0.3) is 0 Å². The van der Waals surface area contributed by atoms with E-state index in [1.165, 1.54) is 5.56 Å². The molecule has 0 radical (unpaired) electrons. The topological polar surface area (TPSA) is 44.4 Å². The summed E-state index contributed by atoms with van der Waals surface area (Å²) in [7, 11) is 0. The summed E-state index contributed by atoms with van der Waals surface area (Å²) in [5, 5.41) is 6.37. The van der Waals surface area contributed by atoms with E-state index in [4.69, 9.17) is 0 Å². The zero-order valence-electron chi connectivity index (χ0n) is 13.1. The molecule has 1 unspecified atom stereocenters. The van der Waals surface area contributed by atoms with Crippen LogP contribution in [0.25, 0.3) is 0 Å². The zero-order valence-corrected chi connectivity index (χ0v) is 14.7. The number of thioether (sulfide) groups is 1. The number of hydrogen-bond acceptors (Lipinski definition) is 4. The van der Waals surface area contributed by atoms with Crippen LogP contribution in [0.4, 0.5) is 0 Å². The standard InChI is InChI=1S/C16H25N3OS.ClH/c1-14(21-13-15-5-3-2-4-6-15)16(20)18-9-12-19-10-7-17-8-11-19;/h2-6,14,17H,7-13H2,1H3,(H,18,20);1H. The molecule has 1 heterocycles. The second-order valence-corrected chi connectivity index (χ2v) is 6.65. The summed E-state index contributed by atoms with van der Waals surface area (Å²) < 4.78 is 0. The third-order valence-corrected chi connectivity index (χ3v) is 4.86. The van der Waals surface area contributed by atoms with Gasteiger partial charge in [0.05, 0.1) is 5.25 Å². The smallest absolute Gasteiger partial charge is 0.232 e. The van der Waals surface area contributed by atoms with Crippen molar-refractivity contribution in [3.05, 3.63) is 35.9 Å². The lowest BCUT2D eigenvalue weighted by Gasteiger charge is -2.27. The predicted molar refractivity (Wildman–Crippen MR) is 96.8 cm³/mol. The maximum atomic E-state index is 12.0. The number of benzene rings is 1. The molecule has 2 N–H and O–H groups in total. The van der Waals surface area contributed by atoms with Crippen molar-refractivity contribution in [1.82, 2.24) is 15.5 Å². The molecule has 0 spiro atoms. The first-order chi connectivity index (χ1) is 10.3. The average molecular weight is 344 g/mol. The SMILES string of the molecule is CC(SCc1ccccc1)C(=O)NCCN1CCNCC1.Cl. The minimum Gasteiger partial charge on any atom is -0.354 e. The van der Waals surface area contributed by atoms with E-state index in [1.54, 1.807) is 11.8 Å². The number of halogens is 1. The third-order valence-electron chi connectivity index (χ3n) is 3.65. The molecule has 4 nitrogen and oxygen atoms in total. The second kappa shape index (κ2) is 10.9. The molecule has 1 aromatic rings. The number of nitrogens with zero attached hydrogens (tertiary/aromatic N) is 1. The Morgan fingerprint density at radius 3 is 2.68 bits per heavy atom. The normalized spacial score (nSPS) is 16.6. The summed E-state index contributed by atoms with van der Waals surface area (Å²) in [5.74, 6) is 1.03. The number of carbonyl (C=O) groups excluding carboxylic acids is 1. The van der Waals surface area contributed by atoms with Crippen LogP contribution in [-0.2, 0) is 10.5 Å². The highest BCUT2D eigenvalue weighted by atomic mass is 35.5. The highest BCUT2D eigenvalue weighted by Crippen LogP contribution is 2.17. The fourth-order valence-corrected chi connectivity index (χ4v) is 3.16. The monoisotopic (exact) mass is 343 g/mol. The van der Waals surface area contributed by atoms with Crippen LogP contribution in [0.1, 0.15) is 12.5 Å². The maximum absolute atomic E-state index is 12.0. The van der Waals surface area contributed by atoms with E-state index in [2.05, 4.69) is 27.7 Å². The van der Waals surface area contributed by atoms with Gasteiger partial charge in [-0.05, 0) is 12.5 Å². The molecule has 1 atom stereocenters. The molecule has 1 amide bonds. The Kier molecular flexibility index (Phi) is 9.55. The molecule has 22 heavy (non-hydrogen) atoms. The molecule has 6 heteroatoms. The van der Waals surface area contributed by atoms with E-state index in [-0.39, 0.29) is 23.6 Å². The molecule has 1 saturated heterocycles. The highest BCUT2D eigenvalue weighted by molar-refractivity contribution is 7.99. The van der Waals surface area contributed by atoms with Crippen molar-refractivity contribution in [3.63, 3.8) is 0 Å². The van der Waals surface area contributed by atoms with E-state index in [1.807, 2.05) is 25.1 Å². The van der Waals surface area contributed by atoms with Crippen LogP contribution in [0, 0.1) is 0 Å². The van der Waals surface area contributed by atoms with Crippen molar-refractivity contribution >= 4 is 30.1 Å². The number of hydrogen-bond donors (Lipinski definition) is 2. The lowest BCUT2D eigenvalue weighted by Crippen LogP contribution is -2.46. The fourth-order valence-electron chi connectivity index (χ4n) is 2.29. The molecular weight excluding hydrogens is 318 g/mol. The summed E-state index contributed by atoms with van der Waals surface area (Å²) in [5.41, 5.74) is 1.27. The van der Waals surface area contributed by atoms with Gasteiger partial charge in [-0.3, -0.25) is 9.69 Å². The lowest BCUT2D eigenvalue weighted by molar-refractivity contribution is -0.120. The van der Waals surface area contributed by atoms with E-state index in [0.29, 0.717) is 0 Å². The highest BCUT2D eigenvalue weighted by Gasteiger charge is 2.14. The van der Waals surface area contributed by atoms with Crippen molar-refractivity contribution in [2.45, 2.75) is 17.9 Å². The molecule has 0 saturated carbocycles. The molecule has 1 fully saturated rings. The van der Waals surface area contributed by atoms with Crippen LogP contribution < -0.4 is 10.6 Å². The number of carbonyl (C=O) groups is 1. The van der Waals surface area contributed by atoms with Crippen molar-refractivity contribution in [3.8, 4) is 0 Å².